The fourth-order valence-electron chi connectivity index (χ4n) is 2.40. The number of oxazole rings is 1. The number of nitrogens with zero attached hydrogens (tertiary/aromatic N) is 1. The van der Waals surface area contributed by atoms with Gasteiger partial charge in [0.25, 0.3) is 0 Å². The standard InChI is InChI=1S/C19H26N2O3/c1-5-13(2)19(4,23)12-20-17(22)11-16-14(3)24-18(21-16)15-9-7-6-8-10-15/h6-10,13,23H,5,11-12H2,1-4H3,(H,20,22). The number of carbonyl (C=O) groups excluding carboxylic acids is 1. The Labute approximate surface area is 143 Å². The Morgan fingerprint density at radius 2 is 2.04 bits per heavy atom. The van der Waals surface area contributed by atoms with E-state index in [9.17, 15) is 9.90 Å². The van der Waals surface area contributed by atoms with E-state index in [1.54, 1.807) is 13.8 Å². The second kappa shape index (κ2) is 7.62. The molecule has 1 heterocycles. The maximum atomic E-state index is 12.2. The van der Waals surface area contributed by atoms with Crippen LogP contribution in [0.3, 0.4) is 0 Å². The molecule has 2 atom stereocenters. The van der Waals surface area contributed by atoms with Crippen molar-refractivity contribution in [2.75, 3.05) is 6.54 Å². The molecule has 0 radical (unpaired) electrons. The minimum Gasteiger partial charge on any atom is -0.441 e. The highest BCUT2D eigenvalue weighted by atomic mass is 16.4. The maximum Gasteiger partial charge on any atom is 0.226 e. The van der Waals surface area contributed by atoms with E-state index < -0.39 is 5.60 Å². The van der Waals surface area contributed by atoms with Crippen LogP contribution in [0.4, 0.5) is 0 Å². The van der Waals surface area contributed by atoms with Gasteiger partial charge in [-0.2, -0.15) is 0 Å². The summed E-state index contributed by atoms with van der Waals surface area (Å²) >= 11 is 0. The zero-order valence-electron chi connectivity index (χ0n) is 14.8. The van der Waals surface area contributed by atoms with E-state index in [0.717, 1.165) is 12.0 Å². The van der Waals surface area contributed by atoms with E-state index in [2.05, 4.69) is 10.3 Å². The number of hydrogen-bond donors (Lipinski definition) is 2. The average Bonchev–Trinajstić information content (AvgIpc) is 2.94. The van der Waals surface area contributed by atoms with Crippen LogP contribution >= 0.6 is 0 Å². The number of carbonyl (C=O) groups is 1. The zero-order chi connectivity index (χ0) is 17.7. The number of aryl methyl sites for hydroxylation is 1. The van der Waals surface area contributed by atoms with Crippen LogP contribution < -0.4 is 5.32 Å². The molecule has 0 saturated carbocycles. The highest BCUT2D eigenvalue weighted by molar-refractivity contribution is 5.78. The number of aliphatic hydroxyl groups is 1. The van der Waals surface area contributed by atoms with Gasteiger partial charge in [0.1, 0.15) is 5.76 Å². The molecule has 24 heavy (non-hydrogen) atoms. The number of rotatable bonds is 7. The fourth-order valence-corrected chi connectivity index (χ4v) is 2.40. The average molecular weight is 330 g/mol. The molecule has 2 N–H and O–H groups in total. The normalized spacial score (nSPS) is 14.9. The molecular formula is C19H26N2O3. The maximum absolute atomic E-state index is 12.2. The second-order valence-corrected chi connectivity index (χ2v) is 6.51. The third-order valence-electron chi connectivity index (χ3n) is 4.56. The summed E-state index contributed by atoms with van der Waals surface area (Å²) in [5, 5.41) is 13.1. The van der Waals surface area contributed by atoms with Gasteiger partial charge in [0, 0.05) is 12.1 Å². The number of nitrogens with one attached hydrogen (secondary N) is 1. The lowest BCUT2D eigenvalue weighted by atomic mass is 9.88. The lowest BCUT2D eigenvalue weighted by Crippen LogP contribution is -2.45. The number of benzene rings is 1. The van der Waals surface area contributed by atoms with E-state index in [1.807, 2.05) is 44.2 Å². The molecule has 0 saturated heterocycles. The summed E-state index contributed by atoms with van der Waals surface area (Å²) in [4.78, 5) is 16.6. The molecule has 2 rings (SSSR count). The molecule has 0 aliphatic carbocycles. The molecule has 0 fully saturated rings. The third-order valence-corrected chi connectivity index (χ3v) is 4.56. The molecule has 2 unspecified atom stereocenters. The molecular weight excluding hydrogens is 304 g/mol. The number of amides is 1. The molecule has 0 aliphatic heterocycles. The molecule has 1 aromatic carbocycles. The largest absolute Gasteiger partial charge is 0.441 e. The molecule has 0 aliphatic rings. The predicted molar refractivity (Wildman–Crippen MR) is 93.5 cm³/mol. The Hall–Kier alpha value is -2.14. The topological polar surface area (TPSA) is 75.4 Å². The Morgan fingerprint density at radius 1 is 1.38 bits per heavy atom. The van der Waals surface area contributed by atoms with Crippen molar-refractivity contribution in [1.82, 2.24) is 10.3 Å². The SMILES string of the molecule is CCC(C)C(C)(O)CNC(=O)Cc1nc(-c2ccccc2)oc1C. The van der Waals surface area contributed by atoms with Crippen molar-refractivity contribution in [2.45, 2.75) is 46.1 Å². The van der Waals surface area contributed by atoms with Gasteiger partial charge in [-0.1, -0.05) is 38.5 Å². The van der Waals surface area contributed by atoms with Crippen molar-refractivity contribution in [3.8, 4) is 11.5 Å². The summed E-state index contributed by atoms with van der Waals surface area (Å²) in [6, 6.07) is 9.59. The molecule has 1 aromatic heterocycles. The lowest BCUT2D eigenvalue weighted by Gasteiger charge is -2.29. The summed E-state index contributed by atoms with van der Waals surface area (Å²) in [7, 11) is 0. The van der Waals surface area contributed by atoms with Gasteiger partial charge < -0.3 is 14.8 Å². The number of aromatic nitrogens is 1. The van der Waals surface area contributed by atoms with Crippen molar-refractivity contribution in [3.63, 3.8) is 0 Å². The Balaban J connectivity index is 1.99. The Bertz CT molecular complexity index is 677. The van der Waals surface area contributed by atoms with Crippen LogP contribution in [-0.2, 0) is 11.2 Å². The number of hydrogen-bond acceptors (Lipinski definition) is 4. The first-order chi connectivity index (χ1) is 11.3. The first kappa shape index (κ1) is 18.2. The van der Waals surface area contributed by atoms with Gasteiger partial charge in [-0.3, -0.25) is 4.79 Å². The smallest absolute Gasteiger partial charge is 0.226 e. The van der Waals surface area contributed by atoms with Gasteiger partial charge in [0.2, 0.25) is 11.8 Å². The van der Waals surface area contributed by atoms with Crippen LogP contribution in [0.2, 0.25) is 0 Å². The van der Waals surface area contributed by atoms with Crippen molar-refractivity contribution < 1.29 is 14.3 Å². The third kappa shape index (κ3) is 4.45. The van der Waals surface area contributed by atoms with E-state index in [4.69, 9.17) is 4.42 Å². The van der Waals surface area contributed by atoms with Crippen molar-refractivity contribution in [2.24, 2.45) is 5.92 Å². The van der Waals surface area contributed by atoms with Gasteiger partial charge in [-0.15, -0.1) is 0 Å². The first-order valence-electron chi connectivity index (χ1n) is 8.34. The summed E-state index contributed by atoms with van der Waals surface area (Å²) < 4.78 is 5.66. The quantitative estimate of drug-likeness (QED) is 0.818. The van der Waals surface area contributed by atoms with Gasteiger partial charge >= 0.3 is 0 Å². The summed E-state index contributed by atoms with van der Waals surface area (Å²) in [6.45, 7) is 7.77. The minimum atomic E-state index is -0.918. The van der Waals surface area contributed by atoms with Crippen LogP contribution in [0.1, 0.15) is 38.6 Å². The van der Waals surface area contributed by atoms with E-state index in [-0.39, 0.29) is 24.8 Å². The van der Waals surface area contributed by atoms with Gasteiger partial charge in [0.15, 0.2) is 0 Å². The summed E-state index contributed by atoms with van der Waals surface area (Å²) in [6.07, 6.45) is 0.991. The molecule has 5 nitrogen and oxygen atoms in total. The van der Waals surface area contributed by atoms with Crippen LogP contribution in [0.5, 0.6) is 0 Å². The van der Waals surface area contributed by atoms with Gasteiger partial charge in [0.05, 0.1) is 17.7 Å². The highest BCUT2D eigenvalue weighted by Gasteiger charge is 2.27. The fraction of sp³-hybridized carbons (Fsp3) is 0.474. The molecule has 5 heteroatoms. The molecule has 1 amide bonds. The lowest BCUT2D eigenvalue weighted by molar-refractivity contribution is -0.122. The molecule has 0 bridgehead atoms. The van der Waals surface area contributed by atoms with E-state index >= 15 is 0 Å². The van der Waals surface area contributed by atoms with Crippen molar-refractivity contribution in [3.05, 3.63) is 41.8 Å². The summed E-state index contributed by atoms with van der Waals surface area (Å²) in [5.74, 6) is 1.09. The Morgan fingerprint density at radius 3 is 2.67 bits per heavy atom. The van der Waals surface area contributed by atoms with Crippen LogP contribution in [-0.4, -0.2) is 28.1 Å². The van der Waals surface area contributed by atoms with Crippen LogP contribution in [0, 0.1) is 12.8 Å². The van der Waals surface area contributed by atoms with E-state index in [0.29, 0.717) is 17.3 Å². The molecule has 2 aromatic rings. The van der Waals surface area contributed by atoms with Gasteiger partial charge in [-0.05, 0) is 31.9 Å². The first-order valence-corrected chi connectivity index (χ1v) is 8.34. The second-order valence-electron chi connectivity index (χ2n) is 6.51. The van der Waals surface area contributed by atoms with Gasteiger partial charge in [-0.25, -0.2) is 4.98 Å². The van der Waals surface area contributed by atoms with Crippen LogP contribution in [0.25, 0.3) is 11.5 Å². The molecule has 130 valence electrons. The highest BCUT2D eigenvalue weighted by Crippen LogP contribution is 2.22. The summed E-state index contributed by atoms with van der Waals surface area (Å²) in [5.41, 5.74) is 0.583. The zero-order valence-corrected chi connectivity index (χ0v) is 14.8. The monoisotopic (exact) mass is 330 g/mol. The molecule has 0 spiro atoms. The van der Waals surface area contributed by atoms with Crippen molar-refractivity contribution >= 4 is 5.91 Å². The minimum absolute atomic E-state index is 0.108. The van der Waals surface area contributed by atoms with Crippen LogP contribution in [0.15, 0.2) is 34.7 Å². The predicted octanol–water partition coefficient (Wildman–Crippen LogP) is 3.11. The van der Waals surface area contributed by atoms with E-state index in [1.165, 1.54) is 0 Å². The Kier molecular flexibility index (Phi) is 5.78. The van der Waals surface area contributed by atoms with Crippen molar-refractivity contribution in [1.29, 1.82) is 0 Å².